The van der Waals surface area contributed by atoms with Gasteiger partial charge in [0.2, 0.25) is 5.91 Å². The summed E-state index contributed by atoms with van der Waals surface area (Å²) in [4.78, 5) is 14.5. The van der Waals surface area contributed by atoms with E-state index >= 15 is 0 Å². The molecule has 1 fully saturated rings. The van der Waals surface area contributed by atoms with Crippen LogP contribution in [0.5, 0.6) is 5.75 Å². The second-order valence-electron chi connectivity index (χ2n) is 7.47. The highest BCUT2D eigenvalue weighted by Crippen LogP contribution is 2.37. The van der Waals surface area contributed by atoms with E-state index in [-0.39, 0.29) is 16.7 Å². The van der Waals surface area contributed by atoms with Crippen LogP contribution in [0, 0.1) is 12.8 Å². The number of ether oxygens (including phenoxy) is 1. The minimum absolute atomic E-state index is 0.0960. The Morgan fingerprint density at radius 1 is 1.18 bits per heavy atom. The molecule has 1 N–H and O–H groups in total. The first-order chi connectivity index (χ1) is 13.4. The predicted molar refractivity (Wildman–Crippen MR) is 108 cm³/mol. The molecule has 4 rings (SSSR count). The van der Waals surface area contributed by atoms with Crippen LogP contribution in [0.2, 0.25) is 0 Å². The predicted octanol–water partition coefficient (Wildman–Crippen LogP) is 3.49. The smallest absolute Gasteiger partial charge is 0.265 e. The Hall–Kier alpha value is -2.54. The number of amides is 1. The average Bonchev–Trinajstić information content (AvgIpc) is 3.52. The van der Waals surface area contributed by atoms with E-state index in [1.807, 2.05) is 17.9 Å². The molecular formula is C21H24N2O4S. The topological polar surface area (TPSA) is 75.7 Å². The summed E-state index contributed by atoms with van der Waals surface area (Å²) in [6.45, 7) is 2.52. The highest BCUT2D eigenvalue weighted by molar-refractivity contribution is 7.92. The van der Waals surface area contributed by atoms with E-state index in [1.54, 1.807) is 30.3 Å². The van der Waals surface area contributed by atoms with E-state index in [1.165, 1.54) is 7.11 Å². The van der Waals surface area contributed by atoms with Crippen LogP contribution in [0.3, 0.4) is 0 Å². The van der Waals surface area contributed by atoms with Crippen LogP contribution in [-0.4, -0.2) is 28.0 Å². The van der Waals surface area contributed by atoms with Gasteiger partial charge in [-0.2, -0.15) is 0 Å². The van der Waals surface area contributed by atoms with Gasteiger partial charge in [0.25, 0.3) is 10.0 Å². The van der Waals surface area contributed by atoms with Crippen LogP contribution in [0.25, 0.3) is 0 Å². The molecule has 1 amide bonds. The minimum Gasteiger partial charge on any atom is -0.495 e. The third kappa shape index (κ3) is 3.58. The Morgan fingerprint density at radius 3 is 2.68 bits per heavy atom. The molecule has 2 aromatic rings. The van der Waals surface area contributed by atoms with E-state index < -0.39 is 10.0 Å². The van der Waals surface area contributed by atoms with Gasteiger partial charge in [-0.15, -0.1) is 0 Å². The van der Waals surface area contributed by atoms with Crippen LogP contribution in [0.1, 0.15) is 30.4 Å². The zero-order chi connectivity index (χ0) is 19.9. The lowest BCUT2D eigenvalue weighted by Crippen LogP contribution is -2.36. The summed E-state index contributed by atoms with van der Waals surface area (Å²) in [6, 6.07) is 10.5. The number of carbonyl (C=O) groups excluding carboxylic acids is 1. The molecule has 1 heterocycles. The summed E-state index contributed by atoms with van der Waals surface area (Å²) < 4.78 is 33.8. The molecule has 1 saturated carbocycles. The van der Waals surface area contributed by atoms with Crippen molar-refractivity contribution in [2.24, 2.45) is 5.92 Å². The summed E-state index contributed by atoms with van der Waals surface area (Å²) in [5, 5.41) is 0. The van der Waals surface area contributed by atoms with E-state index in [0.29, 0.717) is 18.0 Å². The number of benzene rings is 2. The molecule has 2 aliphatic rings. The molecule has 0 atom stereocenters. The lowest BCUT2D eigenvalue weighted by atomic mass is 10.0. The van der Waals surface area contributed by atoms with Crippen molar-refractivity contribution in [3.8, 4) is 5.75 Å². The van der Waals surface area contributed by atoms with Gasteiger partial charge in [0.05, 0.1) is 12.8 Å². The van der Waals surface area contributed by atoms with Crippen molar-refractivity contribution in [2.75, 3.05) is 23.3 Å². The fourth-order valence-electron chi connectivity index (χ4n) is 3.62. The Labute approximate surface area is 165 Å². The number of nitrogens with zero attached hydrogens (tertiary/aromatic N) is 1. The number of rotatable bonds is 5. The van der Waals surface area contributed by atoms with Crippen molar-refractivity contribution in [2.45, 2.75) is 37.5 Å². The second kappa shape index (κ2) is 7.13. The third-order valence-electron chi connectivity index (χ3n) is 5.26. The van der Waals surface area contributed by atoms with E-state index in [4.69, 9.17) is 4.74 Å². The molecule has 0 bridgehead atoms. The monoisotopic (exact) mass is 400 g/mol. The van der Waals surface area contributed by atoms with Crippen LogP contribution < -0.4 is 14.4 Å². The first kappa shape index (κ1) is 18.8. The Balaban J connectivity index is 1.66. The zero-order valence-electron chi connectivity index (χ0n) is 16.1. The number of hydrogen-bond acceptors (Lipinski definition) is 4. The number of hydrogen-bond donors (Lipinski definition) is 1. The summed E-state index contributed by atoms with van der Waals surface area (Å²) in [7, 11) is -2.38. The van der Waals surface area contributed by atoms with Crippen molar-refractivity contribution >= 4 is 27.3 Å². The molecule has 1 aliphatic carbocycles. The molecule has 0 spiro atoms. The van der Waals surface area contributed by atoms with Gasteiger partial charge in [0.1, 0.15) is 10.6 Å². The Kier molecular flexibility index (Phi) is 4.79. The molecular weight excluding hydrogens is 376 g/mol. The van der Waals surface area contributed by atoms with Gasteiger partial charge in [-0.25, -0.2) is 8.42 Å². The fraction of sp³-hybridized carbons (Fsp3) is 0.381. The highest BCUT2D eigenvalue weighted by Gasteiger charge is 2.35. The number of fused-ring (bicyclic) bond motifs is 1. The molecule has 0 aromatic heterocycles. The first-order valence-corrected chi connectivity index (χ1v) is 11.0. The zero-order valence-corrected chi connectivity index (χ0v) is 16.9. The van der Waals surface area contributed by atoms with Gasteiger partial charge in [-0.3, -0.25) is 9.52 Å². The number of anilines is 2. The number of nitrogens with one attached hydrogen (secondary N) is 1. The van der Waals surface area contributed by atoms with Crippen LogP contribution in [0.4, 0.5) is 11.4 Å². The van der Waals surface area contributed by atoms with Gasteiger partial charge in [0, 0.05) is 18.2 Å². The van der Waals surface area contributed by atoms with Crippen LogP contribution in [-0.2, 0) is 21.2 Å². The van der Waals surface area contributed by atoms with Crippen molar-refractivity contribution in [1.82, 2.24) is 0 Å². The molecule has 1 aliphatic heterocycles. The van der Waals surface area contributed by atoms with Crippen molar-refractivity contribution in [1.29, 1.82) is 0 Å². The molecule has 7 heteroatoms. The molecule has 2 aromatic carbocycles. The molecule has 0 saturated heterocycles. The summed E-state index contributed by atoms with van der Waals surface area (Å²) in [5.41, 5.74) is 3.17. The standard InChI is InChI=1S/C21H24N2O4S/c1-14-5-10-19(27-2)20(12-14)28(25,26)22-17-9-8-15-4-3-11-23(18(15)13-17)21(24)16-6-7-16/h5,8-10,12-13,16,22H,3-4,6-7,11H2,1-2H3. The summed E-state index contributed by atoms with van der Waals surface area (Å²) >= 11 is 0. The van der Waals surface area contributed by atoms with Gasteiger partial charge in [0.15, 0.2) is 0 Å². The number of aryl methyl sites for hydroxylation is 2. The normalized spacial score (nSPS) is 16.4. The second-order valence-corrected chi connectivity index (χ2v) is 9.12. The average molecular weight is 401 g/mol. The minimum atomic E-state index is -3.83. The summed E-state index contributed by atoms with van der Waals surface area (Å²) in [5.74, 6) is 0.575. The van der Waals surface area contributed by atoms with Crippen molar-refractivity contribution in [3.05, 3.63) is 47.5 Å². The maximum absolute atomic E-state index is 13.0. The number of carbonyl (C=O) groups is 1. The summed E-state index contributed by atoms with van der Waals surface area (Å²) in [6.07, 6.45) is 3.72. The number of methoxy groups -OCH3 is 1. The number of sulfonamides is 1. The SMILES string of the molecule is COc1ccc(C)cc1S(=O)(=O)Nc1ccc2c(c1)N(C(=O)C1CC1)CCC2. The lowest BCUT2D eigenvalue weighted by Gasteiger charge is -2.30. The van der Waals surface area contributed by atoms with Gasteiger partial charge in [-0.05, 0) is 68.0 Å². The first-order valence-electron chi connectivity index (χ1n) is 9.51. The highest BCUT2D eigenvalue weighted by atomic mass is 32.2. The Bertz CT molecular complexity index is 1030. The van der Waals surface area contributed by atoms with Gasteiger partial charge >= 0.3 is 0 Å². The maximum atomic E-state index is 13.0. The van der Waals surface area contributed by atoms with Gasteiger partial charge in [-0.1, -0.05) is 12.1 Å². The van der Waals surface area contributed by atoms with Crippen LogP contribution in [0.15, 0.2) is 41.3 Å². The molecule has 148 valence electrons. The molecule has 28 heavy (non-hydrogen) atoms. The molecule has 0 radical (unpaired) electrons. The van der Waals surface area contributed by atoms with E-state index in [2.05, 4.69) is 4.72 Å². The fourth-order valence-corrected chi connectivity index (χ4v) is 4.93. The van der Waals surface area contributed by atoms with E-state index in [9.17, 15) is 13.2 Å². The Morgan fingerprint density at radius 2 is 1.96 bits per heavy atom. The van der Waals surface area contributed by atoms with Gasteiger partial charge < -0.3 is 9.64 Å². The van der Waals surface area contributed by atoms with Crippen molar-refractivity contribution < 1.29 is 17.9 Å². The largest absolute Gasteiger partial charge is 0.495 e. The third-order valence-corrected chi connectivity index (χ3v) is 6.66. The van der Waals surface area contributed by atoms with Crippen molar-refractivity contribution in [3.63, 3.8) is 0 Å². The quantitative estimate of drug-likeness (QED) is 0.834. The van der Waals surface area contributed by atoms with E-state index in [0.717, 1.165) is 42.5 Å². The molecule has 0 unspecified atom stereocenters. The van der Waals surface area contributed by atoms with Crippen LogP contribution >= 0.6 is 0 Å². The lowest BCUT2D eigenvalue weighted by molar-refractivity contribution is -0.119. The maximum Gasteiger partial charge on any atom is 0.265 e. The molecule has 6 nitrogen and oxygen atoms in total.